The maximum atomic E-state index is 12.0. The maximum Gasteiger partial charge on any atom is 0.354 e. The van der Waals surface area contributed by atoms with E-state index in [1.165, 1.54) is 23.4 Å². The second-order valence-electron chi connectivity index (χ2n) is 13.1. The van der Waals surface area contributed by atoms with Crippen LogP contribution in [0.3, 0.4) is 0 Å². The first-order valence-electron chi connectivity index (χ1n) is 19.7. The molecule has 0 bridgehead atoms. The third-order valence-corrected chi connectivity index (χ3v) is 8.51. The average Bonchev–Trinajstić information content (AvgIpc) is 4.12. The summed E-state index contributed by atoms with van der Waals surface area (Å²) in [4.78, 5) is 67.6. The average molecular weight is 827 g/mol. The number of benzene rings is 3. The largest absolute Gasteiger partial charge is 0.477 e. The van der Waals surface area contributed by atoms with E-state index in [2.05, 4.69) is 32.1 Å². The number of aromatic carboxylic acids is 1. The van der Waals surface area contributed by atoms with E-state index < -0.39 is 11.9 Å². The van der Waals surface area contributed by atoms with E-state index >= 15 is 0 Å². The van der Waals surface area contributed by atoms with Gasteiger partial charge in [-0.2, -0.15) is 0 Å². The van der Waals surface area contributed by atoms with Crippen LogP contribution in [-0.4, -0.2) is 74.5 Å². The quantitative estimate of drug-likeness (QED) is 0.0404. The van der Waals surface area contributed by atoms with E-state index in [4.69, 9.17) is 19.3 Å². The van der Waals surface area contributed by atoms with E-state index in [1.807, 2.05) is 91.1 Å². The van der Waals surface area contributed by atoms with Crippen molar-refractivity contribution >= 4 is 29.7 Å². The number of ether oxygens (including phenoxy) is 3. The van der Waals surface area contributed by atoms with E-state index in [0.717, 1.165) is 29.5 Å². The standard InChI is InChI=1S/C15H15NO3.C14H15NO2.C12H11NO2.C7H9NO2/c1-2-19-15(18)13-9-12(10-16-13)14(17)8-11-6-4-3-5-7-11;1-2-17-14(16)13-9-12(10-15-13)8-11-6-4-3-5-7-11;14-12(15)11-7-10(8-13-11)6-9-4-2-1-3-5-9;1-2-10-7(9)6-4-3-5-8-6/h3-7,9-10,16H,2,8H2,1H3;3-7,9-10,15H,2,8H2,1H3;1-5,7-8,13H,6H2,(H,14,15);3-5,8H,2H2,1H3. The minimum Gasteiger partial charge on any atom is -0.477 e. The molecular formula is C48H50N4O9. The lowest BCUT2D eigenvalue weighted by molar-refractivity contribution is 0.0511. The Morgan fingerprint density at radius 1 is 0.459 bits per heavy atom. The molecule has 7 aromatic rings. The first kappa shape index (κ1) is 46.0. The van der Waals surface area contributed by atoms with Crippen molar-refractivity contribution in [1.82, 2.24) is 19.9 Å². The second-order valence-corrected chi connectivity index (χ2v) is 13.1. The van der Waals surface area contributed by atoms with Crippen LogP contribution in [0.2, 0.25) is 0 Å². The summed E-state index contributed by atoms with van der Waals surface area (Å²) in [7, 11) is 0. The van der Waals surface area contributed by atoms with Crippen molar-refractivity contribution in [3.63, 3.8) is 0 Å². The van der Waals surface area contributed by atoms with Crippen LogP contribution in [0.5, 0.6) is 0 Å². The maximum absolute atomic E-state index is 12.0. The Labute approximate surface area is 354 Å². The molecule has 0 saturated carbocycles. The number of carbonyl (C=O) groups excluding carboxylic acids is 4. The zero-order valence-corrected chi connectivity index (χ0v) is 34.3. The molecule has 0 atom stereocenters. The third kappa shape index (κ3) is 15.9. The summed E-state index contributed by atoms with van der Waals surface area (Å²) < 4.78 is 14.5. The normalized spacial score (nSPS) is 10.0. The highest BCUT2D eigenvalue weighted by molar-refractivity contribution is 6.00. The van der Waals surface area contributed by atoms with Crippen LogP contribution in [0.4, 0.5) is 0 Å². The highest BCUT2D eigenvalue weighted by Gasteiger charge is 2.14. The first-order chi connectivity index (χ1) is 29.6. The Hall–Kier alpha value is -7.67. The Balaban J connectivity index is 0.000000183. The van der Waals surface area contributed by atoms with Gasteiger partial charge in [-0.15, -0.1) is 0 Å². The lowest BCUT2D eigenvalue weighted by Gasteiger charge is -1.98. The van der Waals surface area contributed by atoms with Gasteiger partial charge < -0.3 is 39.3 Å². The Bertz CT molecular complexity index is 2380. The minimum atomic E-state index is -0.922. The van der Waals surface area contributed by atoms with Gasteiger partial charge in [0.1, 0.15) is 22.8 Å². The Morgan fingerprint density at radius 2 is 0.885 bits per heavy atom. The molecule has 0 aliphatic rings. The molecule has 4 aromatic heterocycles. The van der Waals surface area contributed by atoms with Gasteiger partial charge >= 0.3 is 23.9 Å². The molecule has 0 fully saturated rings. The number of carboxylic acids is 1. The van der Waals surface area contributed by atoms with Crippen LogP contribution in [0.25, 0.3) is 0 Å². The number of carbonyl (C=O) groups is 5. The van der Waals surface area contributed by atoms with Crippen LogP contribution in [-0.2, 0) is 33.5 Å². The molecule has 7 rings (SSSR count). The number of carboxylic acid groups (broad SMARTS) is 1. The summed E-state index contributed by atoms with van der Waals surface area (Å²) in [6.45, 7) is 6.43. The zero-order valence-electron chi connectivity index (χ0n) is 34.3. The highest BCUT2D eigenvalue weighted by Crippen LogP contribution is 2.13. The number of aromatic amines is 4. The van der Waals surface area contributed by atoms with E-state index in [0.29, 0.717) is 48.9 Å². The molecule has 5 N–H and O–H groups in total. The molecule has 61 heavy (non-hydrogen) atoms. The van der Waals surface area contributed by atoms with E-state index in [9.17, 15) is 24.0 Å². The summed E-state index contributed by atoms with van der Waals surface area (Å²) in [6.07, 6.45) is 8.70. The van der Waals surface area contributed by atoms with Crippen LogP contribution < -0.4 is 0 Å². The smallest absolute Gasteiger partial charge is 0.354 e. The number of nitrogens with one attached hydrogen (secondary N) is 4. The van der Waals surface area contributed by atoms with Crippen molar-refractivity contribution < 1.29 is 43.3 Å². The van der Waals surface area contributed by atoms with Crippen molar-refractivity contribution in [2.45, 2.75) is 40.0 Å². The molecule has 0 radical (unpaired) electrons. The van der Waals surface area contributed by atoms with Crippen molar-refractivity contribution in [3.8, 4) is 0 Å². The van der Waals surface area contributed by atoms with Crippen molar-refractivity contribution in [2.75, 3.05) is 19.8 Å². The van der Waals surface area contributed by atoms with Gasteiger partial charge in [-0.05, 0) is 91.8 Å². The minimum absolute atomic E-state index is 0.0296. The lowest BCUT2D eigenvalue weighted by Crippen LogP contribution is -2.05. The number of hydrogen-bond donors (Lipinski definition) is 5. The van der Waals surface area contributed by atoms with Gasteiger partial charge in [0.15, 0.2) is 5.78 Å². The van der Waals surface area contributed by atoms with Crippen LogP contribution in [0.1, 0.15) is 101 Å². The fourth-order valence-electron chi connectivity index (χ4n) is 5.63. The number of rotatable bonds is 14. The van der Waals surface area contributed by atoms with Gasteiger partial charge in [0, 0.05) is 36.8 Å². The molecule has 13 nitrogen and oxygen atoms in total. The third-order valence-electron chi connectivity index (χ3n) is 8.51. The van der Waals surface area contributed by atoms with Crippen LogP contribution in [0.15, 0.2) is 146 Å². The fourth-order valence-corrected chi connectivity index (χ4v) is 5.63. The summed E-state index contributed by atoms with van der Waals surface area (Å²) in [5.74, 6) is -1.99. The molecule has 0 amide bonds. The van der Waals surface area contributed by atoms with Gasteiger partial charge in [-0.1, -0.05) is 91.0 Å². The Kier molecular flexibility index (Phi) is 18.8. The predicted molar refractivity (Wildman–Crippen MR) is 231 cm³/mol. The number of Topliss-reactive ketones (excluding diaryl/α,β-unsaturated/α-hetero) is 1. The predicted octanol–water partition coefficient (Wildman–Crippen LogP) is 8.89. The fraction of sp³-hybridized carbons (Fsp3) is 0.188. The highest BCUT2D eigenvalue weighted by atomic mass is 16.5. The van der Waals surface area contributed by atoms with Gasteiger partial charge in [-0.3, -0.25) is 4.79 Å². The van der Waals surface area contributed by atoms with Gasteiger partial charge in [0.05, 0.1) is 19.8 Å². The number of aromatic nitrogens is 4. The summed E-state index contributed by atoms with van der Waals surface area (Å²) in [6, 6.07) is 38.0. The lowest BCUT2D eigenvalue weighted by atomic mass is 10.1. The first-order valence-corrected chi connectivity index (χ1v) is 19.7. The zero-order chi connectivity index (χ0) is 43.8. The number of ketones is 1. The molecule has 0 unspecified atom stereocenters. The number of H-pyrrole nitrogens is 4. The molecule has 3 aromatic carbocycles. The second kappa shape index (κ2) is 25.0. The molecular weight excluding hydrogens is 777 g/mol. The SMILES string of the molecule is CCOC(=O)c1cc(C(=O)Cc2ccccc2)c[nH]1.CCOC(=O)c1cc(Cc2ccccc2)c[nH]1.CCOC(=O)c1ccc[nH]1.O=C(O)c1cc(Cc2ccccc2)c[nH]1. The molecule has 0 spiro atoms. The van der Waals surface area contributed by atoms with Gasteiger partial charge in [-0.25, -0.2) is 19.2 Å². The van der Waals surface area contributed by atoms with Gasteiger partial charge in [0.2, 0.25) is 0 Å². The van der Waals surface area contributed by atoms with E-state index in [1.54, 1.807) is 51.4 Å². The van der Waals surface area contributed by atoms with E-state index in [-0.39, 0.29) is 23.4 Å². The van der Waals surface area contributed by atoms with Gasteiger partial charge in [0.25, 0.3) is 0 Å². The van der Waals surface area contributed by atoms with Crippen LogP contribution in [0, 0.1) is 0 Å². The number of hydrogen-bond acceptors (Lipinski definition) is 8. The topological polar surface area (TPSA) is 196 Å². The Morgan fingerprint density at radius 3 is 1.33 bits per heavy atom. The number of esters is 3. The molecule has 4 heterocycles. The van der Waals surface area contributed by atoms with Crippen molar-refractivity contribution in [2.24, 2.45) is 0 Å². The van der Waals surface area contributed by atoms with Crippen molar-refractivity contribution in [1.29, 1.82) is 0 Å². The summed E-state index contributed by atoms with van der Waals surface area (Å²) in [5, 5.41) is 8.73. The summed E-state index contributed by atoms with van der Waals surface area (Å²) >= 11 is 0. The summed E-state index contributed by atoms with van der Waals surface area (Å²) in [5.41, 5.74) is 7.46. The van der Waals surface area contributed by atoms with Crippen molar-refractivity contribution in [3.05, 3.63) is 202 Å². The molecule has 0 saturated heterocycles. The van der Waals surface area contributed by atoms with Crippen LogP contribution >= 0.6 is 0 Å². The molecule has 13 heteroatoms. The monoisotopic (exact) mass is 826 g/mol. The molecule has 0 aliphatic carbocycles. The molecule has 316 valence electrons. The molecule has 0 aliphatic heterocycles.